The average Bonchev–Trinajstić information content (AvgIpc) is 3.90. The van der Waals surface area contributed by atoms with Crippen molar-refractivity contribution in [2.24, 2.45) is 7.05 Å². The van der Waals surface area contributed by atoms with E-state index < -0.39 is 44.3 Å². The van der Waals surface area contributed by atoms with Gasteiger partial charge in [0.25, 0.3) is 11.8 Å². The Labute approximate surface area is 288 Å². The normalized spacial score (nSPS) is 16.2. The Kier molecular flexibility index (Phi) is 8.76. The minimum absolute atomic E-state index is 0.118. The van der Waals surface area contributed by atoms with E-state index in [9.17, 15) is 13.2 Å². The molecule has 1 N–H and O–H groups in total. The maximum absolute atomic E-state index is 15.2. The van der Waals surface area contributed by atoms with Gasteiger partial charge in [-0.05, 0) is 37.1 Å². The third-order valence-electron chi connectivity index (χ3n) is 9.31. The highest BCUT2D eigenvalue weighted by Gasteiger charge is 2.45. The van der Waals surface area contributed by atoms with Gasteiger partial charge in [0.1, 0.15) is 11.5 Å². The van der Waals surface area contributed by atoms with Crippen LogP contribution < -0.4 is 19.7 Å². The molecule has 1 aliphatic heterocycles. The molecule has 1 fully saturated rings. The molecule has 14 heteroatoms. The molecule has 0 radical (unpaired) electrons. The van der Waals surface area contributed by atoms with Crippen molar-refractivity contribution in [3.05, 3.63) is 101 Å². The summed E-state index contributed by atoms with van der Waals surface area (Å²) in [7, 11) is 0.801. The lowest BCUT2D eigenvalue weighted by molar-refractivity contribution is -0.0126. The minimum atomic E-state index is -4.14. The number of fused-ring (bicyclic) bond motifs is 2. The number of halogens is 2. The van der Waals surface area contributed by atoms with Crippen molar-refractivity contribution in [1.29, 1.82) is 0 Å². The van der Waals surface area contributed by atoms with Crippen molar-refractivity contribution in [3.63, 3.8) is 0 Å². The Morgan fingerprint density at radius 2 is 1.84 bits per heavy atom. The molecule has 2 aliphatic rings. The zero-order chi connectivity index (χ0) is 35.2. The number of hydrogen-bond donors (Lipinski definition) is 1. The molecule has 11 nitrogen and oxygen atoms in total. The van der Waals surface area contributed by atoms with Gasteiger partial charge in [-0.2, -0.15) is 5.10 Å². The summed E-state index contributed by atoms with van der Waals surface area (Å²) in [5.41, 5.74) is 3.19. The van der Waals surface area contributed by atoms with E-state index in [0.717, 1.165) is 35.6 Å². The highest BCUT2D eigenvalue weighted by atomic mass is 32.2. The number of rotatable bonds is 11. The number of carbonyl (C=O) groups is 1. The molecule has 1 saturated carbocycles. The predicted molar refractivity (Wildman–Crippen MR) is 182 cm³/mol. The Hall–Kier alpha value is -4.95. The van der Waals surface area contributed by atoms with E-state index in [-0.39, 0.29) is 17.8 Å². The van der Waals surface area contributed by atoms with Gasteiger partial charge in [-0.25, -0.2) is 17.2 Å². The van der Waals surface area contributed by atoms with Crippen LogP contribution in [0.1, 0.15) is 63.6 Å². The van der Waals surface area contributed by atoms with Crippen molar-refractivity contribution in [2.75, 3.05) is 24.9 Å². The molecule has 0 unspecified atom stereocenters. The van der Waals surface area contributed by atoms with Gasteiger partial charge >= 0.3 is 0 Å². The SMILES string of the molecule is COc1ccc(CNCc2ncc(CN(C(=O)c3ccc(C4CC4)nc3)c3cccc4c3S(=O)(=O)CCC4(F)F)c3c2cnn3C)c(OC)c1. The van der Waals surface area contributed by atoms with Crippen molar-refractivity contribution in [1.82, 2.24) is 25.1 Å². The number of nitrogens with one attached hydrogen (secondary N) is 1. The summed E-state index contributed by atoms with van der Waals surface area (Å²) in [5, 5.41) is 8.58. The van der Waals surface area contributed by atoms with Crippen LogP contribution in [-0.2, 0) is 42.4 Å². The van der Waals surface area contributed by atoms with Crippen LogP contribution in [-0.4, -0.2) is 54.0 Å². The van der Waals surface area contributed by atoms with Crippen molar-refractivity contribution in [2.45, 2.75) is 55.6 Å². The molecule has 3 aromatic heterocycles. The average molecular weight is 703 g/mol. The molecule has 5 aromatic rings. The predicted octanol–water partition coefficient (Wildman–Crippen LogP) is 5.66. The number of alkyl halides is 2. The second kappa shape index (κ2) is 13.1. The maximum atomic E-state index is 15.2. The summed E-state index contributed by atoms with van der Waals surface area (Å²) in [4.78, 5) is 24.2. The van der Waals surface area contributed by atoms with Crippen molar-refractivity contribution in [3.8, 4) is 11.5 Å². The Morgan fingerprint density at radius 1 is 1.02 bits per heavy atom. The van der Waals surface area contributed by atoms with Crippen LogP contribution in [0.25, 0.3) is 10.9 Å². The highest BCUT2D eigenvalue weighted by molar-refractivity contribution is 7.91. The second-order valence-corrected chi connectivity index (χ2v) is 14.7. The molecule has 0 bridgehead atoms. The molecule has 4 heterocycles. The number of anilines is 1. The van der Waals surface area contributed by atoms with Crippen molar-refractivity contribution >= 4 is 32.3 Å². The minimum Gasteiger partial charge on any atom is -0.497 e. The maximum Gasteiger partial charge on any atom is 0.275 e. The lowest BCUT2D eigenvalue weighted by Crippen LogP contribution is -2.35. The molecule has 260 valence electrons. The van der Waals surface area contributed by atoms with E-state index in [1.165, 1.54) is 23.2 Å². The quantitative estimate of drug-likeness (QED) is 0.185. The first kappa shape index (κ1) is 33.5. The van der Waals surface area contributed by atoms with Gasteiger partial charge in [-0.1, -0.05) is 18.2 Å². The fraction of sp³-hybridized carbons (Fsp3) is 0.333. The first-order chi connectivity index (χ1) is 24.0. The van der Waals surface area contributed by atoms with Gasteiger partial charge in [-0.15, -0.1) is 0 Å². The summed E-state index contributed by atoms with van der Waals surface area (Å²) < 4.78 is 69.7. The number of carbonyl (C=O) groups excluding carboxylic acids is 1. The number of pyridine rings is 2. The topological polar surface area (TPSA) is 129 Å². The number of aryl methyl sites for hydroxylation is 1. The molecule has 0 atom stereocenters. The first-order valence-corrected chi connectivity index (χ1v) is 17.9. The van der Waals surface area contributed by atoms with Gasteiger partial charge in [0, 0.05) is 78.7 Å². The third-order valence-corrected chi connectivity index (χ3v) is 11.1. The molecule has 1 aliphatic carbocycles. The molecule has 2 aromatic carbocycles. The molecule has 0 saturated heterocycles. The van der Waals surface area contributed by atoms with Gasteiger partial charge in [0.15, 0.2) is 9.84 Å². The van der Waals surface area contributed by atoms with Crippen LogP contribution in [0.5, 0.6) is 11.5 Å². The third kappa shape index (κ3) is 6.29. The summed E-state index contributed by atoms with van der Waals surface area (Å²) in [6, 6.07) is 12.9. The number of ether oxygens (including phenoxy) is 2. The summed E-state index contributed by atoms with van der Waals surface area (Å²) in [5.74, 6) is -2.97. The fourth-order valence-corrected chi connectivity index (χ4v) is 8.26. The van der Waals surface area contributed by atoms with Crippen LogP contribution in [0.4, 0.5) is 14.5 Å². The number of aromatic nitrogens is 4. The zero-order valence-corrected chi connectivity index (χ0v) is 28.6. The number of hydrogen-bond acceptors (Lipinski definition) is 9. The number of nitrogens with zero attached hydrogens (tertiary/aromatic N) is 5. The van der Waals surface area contributed by atoms with Crippen molar-refractivity contribution < 1.29 is 31.5 Å². The van der Waals surface area contributed by atoms with Crippen LogP contribution in [0.2, 0.25) is 0 Å². The Bertz CT molecular complexity index is 2200. The molecule has 0 spiro atoms. The van der Waals surface area contributed by atoms with E-state index in [4.69, 9.17) is 14.5 Å². The second-order valence-electron chi connectivity index (χ2n) is 12.6. The zero-order valence-electron chi connectivity index (χ0n) is 27.8. The summed E-state index contributed by atoms with van der Waals surface area (Å²) in [6.07, 6.45) is 5.99. The first-order valence-electron chi connectivity index (χ1n) is 16.2. The Balaban J connectivity index is 1.25. The van der Waals surface area contributed by atoms with Crippen LogP contribution >= 0.6 is 0 Å². The van der Waals surface area contributed by atoms with E-state index in [1.807, 2.05) is 18.2 Å². The Morgan fingerprint density at radius 3 is 2.56 bits per heavy atom. The van der Waals surface area contributed by atoms with E-state index >= 15 is 8.78 Å². The molecular formula is C36H36F2N6O5S. The van der Waals surface area contributed by atoms with Gasteiger partial charge in [-0.3, -0.25) is 19.4 Å². The van der Waals surface area contributed by atoms with Gasteiger partial charge < -0.3 is 19.7 Å². The summed E-state index contributed by atoms with van der Waals surface area (Å²) >= 11 is 0. The van der Waals surface area contributed by atoms with Gasteiger partial charge in [0.2, 0.25) is 0 Å². The van der Waals surface area contributed by atoms with Gasteiger partial charge in [0.05, 0.1) is 60.1 Å². The van der Waals surface area contributed by atoms with Crippen LogP contribution in [0.3, 0.4) is 0 Å². The van der Waals surface area contributed by atoms with Crippen LogP contribution in [0, 0.1) is 0 Å². The largest absolute Gasteiger partial charge is 0.497 e. The van der Waals surface area contributed by atoms with Crippen LogP contribution in [0.15, 0.2) is 72.0 Å². The molecule has 1 amide bonds. The lowest BCUT2D eigenvalue weighted by Gasteiger charge is -2.31. The molecule has 50 heavy (non-hydrogen) atoms. The smallest absolute Gasteiger partial charge is 0.275 e. The molecular weight excluding hydrogens is 666 g/mol. The van der Waals surface area contributed by atoms with E-state index in [2.05, 4.69) is 15.4 Å². The number of benzene rings is 2. The fourth-order valence-electron chi connectivity index (χ4n) is 6.48. The lowest BCUT2D eigenvalue weighted by atomic mass is 10.0. The number of sulfone groups is 1. The standard InChI is InChI=1S/C36H36F2N6O5S/c1-43-33-25(18-41-30(27(33)19-42-43)20-39-16-23-9-11-26(48-2)15-32(23)49-3)21-44(35(45)24-10-12-29(40-17-24)22-7-8-22)31-6-4-5-28-34(31)50(46,47)14-13-36(28,37)38/h4-6,9-12,15,17-19,22,39H,7-8,13-14,16,20-21H2,1-3H3. The molecule has 7 rings (SSSR count). The monoisotopic (exact) mass is 702 g/mol. The van der Waals surface area contributed by atoms with E-state index in [1.54, 1.807) is 50.5 Å². The highest BCUT2D eigenvalue weighted by Crippen LogP contribution is 2.46. The summed E-state index contributed by atoms with van der Waals surface area (Å²) in [6.45, 7) is 0.686. The number of amides is 1. The van der Waals surface area contributed by atoms with E-state index in [0.29, 0.717) is 47.3 Å². The number of methoxy groups -OCH3 is 2.